The van der Waals surface area contributed by atoms with E-state index in [9.17, 15) is 13.2 Å². The van der Waals surface area contributed by atoms with E-state index in [0.717, 1.165) is 0 Å². The first-order valence-corrected chi connectivity index (χ1v) is 7.81. The Bertz CT molecular complexity index is 604. The van der Waals surface area contributed by atoms with Gasteiger partial charge in [-0.15, -0.1) is 0 Å². The fourth-order valence-electron chi connectivity index (χ4n) is 2.29. The number of carboxylic acid groups (broad SMARTS) is 1. The lowest BCUT2D eigenvalue weighted by Crippen LogP contribution is -2.42. The third-order valence-electron chi connectivity index (χ3n) is 3.39. The van der Waals surface area contributed by atoms with Crippen LogP contribution in [-0.4, -0.2) is 36.5 Å². The van der Waals surface area contributed by atoms with Crippen molar-refractivity contribution in [1.82, 2.24) is 5.32 Å². The summed E-state index contributed by atoms with van der Waals surface area (Å²) in [4.78, 5) is 10.9. The molecule has 1 aliphatic rings. The number of carboxylic acids is 1. The summed E-state index contributed by atoms with van der Waals surface area (Å²) >= 11 is 0. The van der Waals surface area contributed by atoms with E-state index in [2.05, 4.69) is 5.32 Å². The van der Waals surface area contributed by atoms with Crippen molar-refractivity contribution in [3.8, 4) is 0 Å². The Morgan fingerprint density at radius 3 is 2.74 bits per heavy atom. The molecule has 106 valence electrons. The van der Waals surface area contributed by atoms with E-state index in [0.29, 0.717) is 24.5 Å². The fourth-order valence-corrected chi connectivity index (χ4v) is 4.42. The van der Waals surface area contributed by atoms with Gasteiger partial charge in [0, 0.05) is 5.54 Å². The molecule has 1 aromatic heterocycles. The van der Waals surface area contributed by atoms with Gasteiger partial charge in [-0.05, 0) is 26.3 Å². The zero-order valence-corrected chi connectivity index (χ0v) is 11.7. The van der Waals surface area contributed by atoms with Gasteiger partial charge in [-0.25, -0.2) is 13.2 Å². The topological polar surface area (TPSA) is 96.6 Å². The molecular weight excluding hydrogens is 270 g/mol. The van der Waals surface area contributed by atoms with E-state index in [1.807, 2.05) is 6.92 Å². The Hall–Kier alpha value is -1.34. The molecule has 0 bridgehead atoms. The number of carbonyl (C=O) groups is 1. The molecule has 7 heteroatoms. The summed E-state index contributed by atoms with van der Waals surface area (Å²) in [5.41, 5.74) is -0.330. The van der Waals surface area contributed by atoms with E-state index in [1.165, 1.54) is 6.07 Å². The molecular formula is C12H17NO5S. The highest BCUT2D eigenvalue weighted by molar-refractivity contribution is 7.91. The number of hydrogen-bond donors (Lipinski definition) is 2. The Labute approximate surface area is 111 Å². The summed E-state index contributed by atoms with van der Waals surface area (Å²) in [6.07, 6.45) is 0.556. The number of aryl methyl sites for hydroxylation is 1. The van der Waals surface area contributed by atoms with Crippen LogP contribution in [0.1, 0.15) is 35.2 Å². The third-order valence-corrected chi connectivity index (χ3v) is 5.30. The maximum atomic E-state index is 11.5. The normalized spacial score (nSPS) is 25.6. The molecule has 1 unspecified atom stereocenters. The van der Waals surface area contributed by atoms with Gasteiger partial charge in [0.15, 0.2) is 9.84 Å². The van der Waals surface area contributed by atoms with Crippen molar-refractivity contribution >= 4 is 15.8 Å². The van der Waals surface area contributed by atoms with E-state index >= 15 is 0 Å². The van der Waals surface area contributed by atoms with Gasteiger partial charge >= 0.3 is 5.97 Å². The second kappa shape index (κ2) is 4.64. The minimum atomic E-state index is -2.96. The number of rotatable bonds is 4. The van der Waals surface area contributed by atoms with Crippen LogP contribution >= 0.6 is 0 Å². The number of aromatic carboxylic acids is 1. The van der Waals surface area contributed by atoms with Gasteiger partial charge in [0.2, 0.25) is 0 Å². The van der Waals surface area contributed by atoms with Gasteiger partial charge in [0.25, 0.3) is 0 Å². The molecule has 1 atom stereocenters. The molecule has 1 fully saturated rings. The number of nitrogens with one attached hydrogen (secondary N) is 1. The van der Waals surface area contributed by atoms with Crippen molar-refractivity contribution in [3.63, 3.8) is 0 Å². The minimum Gasteiger partial charge on any atom is -0.478 e. The highest BCUT2D eigenvalue weighted by Gasteiger charge is 2.38. The molecule has 1 saturated heterocycles. The van der Waals surface area contributed by atoms with Crippen LogP contribution in [0, 0.1) is 6.92 Å². The van der Waals surface area contributed by atoms with E-state index < -0.39 is 21.3 Å². The number of hydrogen-bond acceptors (Lipinski definition) is 5. The molecule has 0 saturated carbocycles. The van der Waals surface area contributed by atoms with Gasteiger partial charge in [-0.2, -0.15) is 0 Å². The predicted molar refractivity (Wildman–Crippen MR) is 68.9 cm³/mol. The summed E-state index contributed by atoms with van der Waals surface area (Å²) in [6, 6.07) is 1.47. The van der Waals surface area contributed by atoms with E-state index in [4.69, 9.17) is 9.52 Å². The fraction of sp³-hybridized carbons (Fsp3) is 0.583. The van der Waals surface area contributed by atoms with Crippen LogP contribution < -0.4 is 5.32 Å². The highest BCUT2D eigenvalue weighted by atomic mass is 32.2. The predicted octanol–water partition coefficient (Wildman–Crippen LogP) is 0.953. The van der Waals surface area contributed by atoms with Gasteiger partial charge in [0.05, 0.1) is 18.1 Å². The average Bonchev–Trinajstić information content (AvgIpc) is 2.77. The van der Waals surface area contributed by atoms with Gasteiger partial charge in [0.1, 0.15) is 17.1 Å². The molecule has 2 N–H and O–H groups in total. The summed E-state index contributed by atoms with van der Waals surface area (Å²) in [5, 5.41) is 12.1. The van der Waals surface area contributed by atoms with Crippen LogP contribution in [0.15, 0.2) is 10.5 Å². The third kappa shape index (κ3) is 3.16. The average molecular weight is 287 g/mol. The molecule has 6 nitrogen and oxygen atoms in total. The van der Waals surface area contributed by atoms with Crippen molar-refractivity contribution in [2.24, 2.45) is 0 Å². The smallest absolute Gasteiger partial charge is 0.339 e. The number of furan rings is 1. The van der Waals surface area contributed by atoms with Crippen LogP contribution in [0.2, 0.25) is 0 Å². The van der Waals surface area contributed by atoms with Crippen LogP contribution in [0.5, 0.6) is 0 Å². The summed E-state index contributed by atoms with van der Waals surface area (Å²) in [5.74, 6) is 0.121. The molecule has 2 rings (SSSR count). The van der Waals surface area contributed by atoms with Crippen molar-refractivity contribution < 1.29 is 22.7 Å². The number of sulfone groups is 1. The Kier molecular flexibility index (Phi) is 3.44. The summed E-state index contributed by atoms with van der Waals surface area (Å²) in [7, 11) is -2.96. The first kappa shape index (κ1) is 14.1. The van der Waals surface area contributed by atoms with E-state index in [1.54, 1.807) is 6.92 Å². The first-order chi connectivity index (χ1) is 8.71. The maximum absolute atomic E-state index is 11.5. The lowest BCUT2D eigenvalue weighted by atomic mass is 10.0. The second-order valence-electron chi connectivity index (χ2n) is 5.24. The molecule has 19 heavy (non-hydrogen) atoms. The molecule has 0 radical (unpaired) electrons. The lowest BCUT2D eigenvalue weighted by molar-refractivity contribution is 0.0695. The quantitative estimate of drug-likeness (QED) is 0.856. The SMILES string of the molecule is Cc1oc(CNC2(C)CCS(=O)(=O)C2)cc1C(=O)O. The Balaban J connectivity index is 2.04. The highest BCUT2D eigenvalue weighted by Crippen LogP contribution is 2.24. The van der Waals surface area contributed by atoms with Crippen molar-refractivity contribution in [1.29, 1.82) is 0 Å². The van der Waals surface area contributed by atoms with Crippen LogP contribution in [0.25, 0.3) is 0 Å². The molecule has 0 aromatic carbocycles. The van der Waals surface area contributed by atoms with Crippen LogP contribution in [0.3, 0.4) is 0 Å². The van der Waals surface area contributed by atoms with E-state index in [-0.39, 0.29) is 17.1 Å². The molecule has 1 aromatic rings. The van der Waals surface area contributed by atoms with Gasteiger partial charge in [-0.3, -0.25) is 0 Å². The van der Waals surface area contributed by atoms with Gasteiger partial charge in [-0.1, -0.05) is 0 Å². The molecule has 1 aliphatic heterocycles. The molecule has 2 heterocycles. The Morgan fingerprint density at radius 1 is 1.58 bits per heavy atom. The zero-order valence-electron chi connectivity index (χ0n) is 10.9. The Morgan fingerprint density at radius 2 is 2.26 bits per heavy atom. The summed E-state index contributed by atoms with van der Waals surface area (Å²) < 4.78 is 28.3. The van der Waals surface area contributed by atoms with Crippen LogP contribution in [-0.2, 0) is 16.4 Å². The first-order valence-electron chi connectivity index (χ1n) is 5.99. The summed E-state index contributed by atoms with van der Waals surface area (Å²) in [6.45, 7) is 3.76. The molecule has 0 aliphatic carbocycles. The second-order valence-corrected chi connectivity index (χ2v) is 7.43. The van der Waals surface area contributed by atoms with Crippen molar-refractivity contribution in [2.45, 2.75) is 32.4 Å². The van der Waals surface area contributed by atoms with Crippen molar-refractivity contribution in [2.75, 3.05) is 11.5 Å². The van der Waals surface area contributed by atoms with Crippen LogP contribution in [0.4, 0.5) is 0 Å². The standard InChI is InChI=1S/C12H17NO5S/c1-8-10(11(14)15)5-9(18-8)6-13-12(2)3-4-19(16,17)7-12/h5,13H,3-4,6-7H2,1-2H3,(H,14,15). The lowest BCUT2D eigenvalue weighted by Gasteiger charge is -2.23. The molecule has 0 amide bonds. The largest absolute Gasteiger partial charge is 0.478 e. The minimum absolute atomic E-state index is 0.103. The maximum Gasteiger partial charge on any atom is 0.339 e. The monoisotopic (exact) mass is 287 g/mol. The molecule has 0 spiro atoms. The van der Waals surface area contributed by atoms with Crippen molar-refractivity contribution in [3.05, 3.63) is 23.2 Å². The van der Waals surface area contributed by atoms with Gasteiger partial charge < -0.3 is 14.8 Å². The zero-order chi connectivity index (χ0) is 14.3.